The van der Waals surface area contributed by atoms with Crippen molar-refractivity contribution in [1.29, 1.82) is 0 Å². The molecule has 9 heavy (non-hydrogen) atoms. The van der Waals surface area contributed by atoms with Crippen molar-refractivity contribution in [2.75, 3.05) is 0 Å². The minimum absolute atomic E-state index is 0.516. The monoisotopic (exact) mass is 132 g/mol. The zero-order valence-corrected chi connectivity index (χ0v) is 6.31. The third-order valence-electron chi connectivity index (χ3n) is 0.570. The summed E-state index contributed by atoms with van der Waals surface area (Å²) in [7, 11) is 0. The summed E-state index contributed by atoms with van der Waals surface area (Å²) in [5.41, 5.74) is 7.27. The van der Waals surface area contributed by atoms with Crippen molar-refractivity contribution in [2.24, 2.45) is 16.7 Å². The molecule has 0 amide bonds. The van der Waals surface area contributed by atoms with Gasteiger partial charge in [0.1, 0.15) is 5.84 Å². The smallest absolute Gasteiger partial charge is 0.120 e. The SMILES string of the molecule is CC.CC/C(N)=N/NN. The number of nitrogens with one attached hydrogen (secondary N) is 1. The highest BCUT2D eigenvalue weighted by Crippen LogP contribution is 1.69. The first-order valence-corrected chi connectivity index (χ1v) is 3.09. The lowest BCUT2D eigenvalue weighted by Crippen LogP contribution is -2.21. The van der Waals surface area contributed by atoms with Crippen LogP contribution in [0.4, 0.5) is 0 Å². The maximum atomic E-state index is 5.19. The van der Waals surface area contributed by atoms with Crippen LogP contribution in [-0.4, -0.2) is 5.84 Å². The van der Waals surface area contributed by atoms with E-state index in [1.807, 2.05) is 20.8 Å². The van der Waals surface area contributed by atoms with Gasteiger partial charge in [-0.2, -0.15) is 5.10 Å². The summed E-state index contributed by atoms with van der Waals surface area (Å²) in [6.45, 7) is 5.90. The Morgan fingerprint density at radius 2 is 2.00 bits per heavy atom. The molecule has 4 nitrogen and oxygen atoms in total. The number of hydrazone groups is 1. The molecule has 0 aliphatic carbocycles. The Bertz CT molecular complexity index is 69.4. The van der Waals surface area contributed by atoms with Crippen LogP contribution in [0.15, 0.2) is 5.10 Å². The van der Waals surface area contributed by atoms with E-state index in [9.17, 15) is 0 Å². The summed E-state index contributed by atoms with van der Waals surface area (Å²) >= 11 is 0. The van der Waals surface area contributed by atoms with Crippen molar-refractivity contribution in [1.82, 2.24) is 5.53 Å². The van der Waals surface area contributed by atoms with E-state index in [2.05, 4.69) is 10.6 Å². The average molecular weight is 132 g/mol. The normalized spacial score (nSPS) is 9.56. The lowest BCUT2D eigenvalue weighted by Gasteiger charge is -1.90. The summed E-state index contributed by atoms with van der Waals surface area (Å²) in [4.78, 5) is 0. The molecule has 0 aliphatic heterocycles. The van der Waals surface area contributed by atoms with Crippen molar-refractivity contribution < 1.29 is 0 Å². The molecule has 0 fully saturated rings. The Labute approximate surface area is 56.3 Å². The predicted octanol–water partition coefficient (Wildman–Crippen LogP) is 0.158. The highest BCUT2D eigenvalue weighted by molar-refractivity contribution is 5.79. The number of nitrogens with two attached hydrogens (primary N) is 2. The number of nitrogens with zero attached hydrogens (tertiary/aromatic N) is 1. The second-order valence-electron chi connectivity index (χ2n) is 1.09. The van der Waals surface area contributed by atoms with E-state index in [1.54, 1.807) is 0 Å². The molecular formula is C5H16N4. The molecule has 0 spiro atoms. The first-order valence-electron chi connectivity index (χ1n) is 3.09. The van der Waals surface area contributed by atoms with Gasteiger partial charge in [-0.1, -0.05) is 20.8 Å². The van der Waals surface area contributed by atoms with E-state index >= 15 is 0 Å². The largest absolute Gasteiger partial charge is 0.386 e. The van der Waals surface area contributed by atoms with Crippen LogP contribution in [-0.2, 0) is 0 Å². The Morgan fingerprint density at radius 1 is 1.56 bits per heavy atom. The van der Waals surface area contributed by atoms with E-state index in [-0.39, 0.29) is 0 Å². The van der Waals surface area contributed by atoms with Crippen LogP contribution in [0, 0.1) is 0 Å². The molecule has 4 heteroatoms. The quantitative estimate of drug-likeness (QED) is 0.217. The van der Waals surface area contributed by atoms with E-state index in [0.717, 1.165) is 6.42 Å². The highest BCUT2D eigenvalue weighted by atomic mass is 15.5. The highest BCUT2D eigenvalue weighted by Gasteiger charge is 1.78. The first kappa shape index (κ1) is 11.1. The molecule has 0 saturated carbocycles. The van der Waals surface area contributed by atoms with Gasteiger partial charge in [0.2, 0.25) is 0 Å². The van der Waals surface area contributed by atoms with Crippen molar-refractivity contribution in [3.05, 3.63) is 0 Å². The molecule has 0 aromatic carbocycles. The van der Waals surface area contributed by atoms with Crippen LogP contribution in [0.25, 0.3) is 0 Å². The van der Waals surface area contributed by atoms with Crippen LogP contribution in [0.2, 0.25) is 0 Å². The Morgan fingerprint density at radius 3 is 2.11 bits per heavy atom. The van der Waals surface area contributed by atoms with Crippen LogP contribution in [0.3, 0.4) is 0 Å². The molecule has 0 saturated heterocycles. The molecular weight excluding hydrogens is 116 g/mol. The van der Waals surface area contributed by atoms with Crippen LogP contribution in [0.1, 0.15) is 27.2 Å². The minimum Gasteiger partial charge on any atom is -0.386 e. The zero-order valence-electron chi connectivity index (χ0n) is 6.31. The molecule has 0 atom stereocenters. The van der Waals surface area contributed by atoms with E-state index in [0.29, 0.717) is 5.84 Å². The van der Waals surface area contributed by atoms with Crippen LogP contribution < -0.4 is 17.1 Å². The van der Waals surface area contributed by atoms with E-state index in [4.69, 9.17) is 11.6 Å². The summed E-state index contributed by atoms with van der Waals surface area (Å²) in [6, 6.07) is 0. The molecule has 5 N–H and O–H groups in total. The Hall–Kier alpha value is -0.770. The summed E-state index contributed by atoms with van der Waals surface area (Å²) in [6.07, 6.45) is 0.726. The van der Waals surface area contributed by atoms with E-state index < -0.39 is 0 Å². The van der Waals surface area contributed by atoms with Gasteiger partial charge >= 0.3 is 0 Å². The van der Waals surface area contributed by atoms with Crippen LogP contribution in [0.5, 0.6) is 0 Å². The zero-order chi connectivity index (χ0) is 7.70. The minimum atomic E-state index is 0.516. The lowest BCUT2D eigenvalue weighted by atomic mass is 10.5. The second-order valence-corrected chi connectivity index (χ2v) is 1.09. The maximum absolute atomic E-state index is 5.19. The van der Waals surface area contributed by atoms with Crippen molar-refractivity contribution >= 4 is 5.84 Å². The number of hydrogen-bond donors (Lipinski definition) is 3. The molecule has 0 aromatic rings. The molecule has 56 valence electrons. The fourth-order valence-corrected chi connectivity index (χ4v) is 0.162. The fourth-order valence-electron chi connectivity index (χ4n) is 0.162. The van der Waals surface area contributed by atoms with Crippen molar-refractivity contribution in [3.8, 4) is 0 Å². The molecule has 0 rings (SSSR count). The van der Waals surface area contributed by atoms with Gasteiger partial charge in [0.15, 0.2) is 0 Å². The fraction of sp³-hybridized carbons (Fsp3) is 0.800. The summed E-state index contributed by atoms with van der Waals surface area (Å²) in [5.74, 6) is 5.30. The van der Waals surface area contributed by atoms with E-state index in [1.165, 1.54) is 0 Å². The maximum Gasteiger partial charge on any atom is 0.120 e. The third-order valence-corrected chi connectivity index (χ3v) is 0.570. The number of rotatable bonds is 2. The van der Waals surface area contributed by atoms with Gasteiger partial charge in [0.05, 0.1) is 0 Å². The van der Waals surface area contributed by atoms with Gasteiger partial charge < -0.3 is 5.73 Å². The number of hydrazine groups is 1. The third kappa shape index (κ3) is 11.1. The first-order chi connectivity index (χ1) is 4.31. The Kier molecular flexibility index (Phi) is 12.6. The lowest BCUT2D eigenvalue weighted by molar-refractivity contribution is 0.797. The Balaban J connectivity index is 0. The molecule has 0 radical (unpaired) electrons. The van der Waals surface area contributed by atoms with Gasteiger partial charge in [0, 0.05) is 6.42 Å². The van der Waals surface area contributed by atoms with Gasteiger partial charge in [-0.3, -0.25) is 0 Å². The standard InChI is InChI=1S/C3H10N4.C2H6/c1-2-3(4)6-7-5;1-2/h7H,2,5H2,1H3,(H2,4,6);1-2H3. The molecule has 0 unspecified atom stereocenters. The van der Waals surface area contributed by atoms with Crippen LogP contribution >= 0.6 is 0 Å². The van der Waals surface area contributed by atoms with Gasteiger partial charge in [-0.25, -0.2) is 11.4 Å². The second kappa shape index (κ2) is 10.3. The number of hydrogen-bond acceptors (Lipinski definition) is 3. The summed E-state index contributed by atoms with van der Waals surface area (Å²) < 4.78 is 0. The molecule has 0 aromatic heterocycles. The van der Waals surface area contributed by atoms with Gasteiger partial charge in [0.25, 0.3) is 0 Å². The molecule has 0 bridgehead atoms. The predicted molar refractivity (Wildman–Crippen MR) is 40.6 cm³/mol. The number of amidine groups is 1. The summed E-state index contributed by atoms with van der Waals surface area (Å²) in [5, 5.41) is 3.47. The molecule has 0 aliphatic rings. The molecule has 0 heterocycles. The average Bonchev–Trinajstić information content (AvgIpc) is 1.93. The topological polar surface area (TPSA) is 76.4 Å². The van der Waals surface area contributed by atoms with Gasteiger partial charge in [-0.15, -0.1) is 0 Å². The van der Waals surface area contributed by atoms with Crippen molar-refractivity contribution in [2.45, 2.75) is 27.2 Å². The van der Waals surface area contributed by atoms with Crippen molar-refractivity contribution in [3.63, 3.8) is 0 Å². The van der Waals surface area contributed by atoms with Gasteiger partial charge in [-0.05, 0) is 0 Å².